The first kappa shape index (κ1) is 17.6. The third kappa shape index (κ3) is 3.68. The second kappa shape index (κ2) is 8.26. The van der Waals surface area contributed by atoms with Crippen molar-refractivity contribution >= 4 is 0 Å². The average Bonchev–Trinajstić information content (AvgIpc) is 3.13. The number of ether oxygens (including phenoxy) is 2. The van der Waals surface area contributed by atoms with Crippen LogP contribution in [0.1, 0.15) is 30.5 Å². The molecule has 2 aromatic heterocycles. The number of fused-ring (bicyclic) bond motifs is 1. The number of nitrogens with zero attached hydrogens (tertiary/aromatic N) is 4. The van der Waals surface area contributed by atoms with Crippen molar-refractivity contribution in [2.45, 2.75) is 32.1 Å². The molecule has 0 radical (unpaired) electrons. The first-order valence-electron chi connectivity index (χ1n) is 9.35. The molecular formula is C20H23N5O2. The minimum atomic E-state index is 0.422. The molecule has 1 aliphatic rings. The van der Waals surface area contributed by atoms with Gasteiger partial charge in [0.05, 0.1) is 12.2 Å². The fourth-order valence-corrected chi connectivity index (χ4v) is 3.63. The molecule has 4 rings (SSSR count). The van der Waals surface area contributed by atoms with Gasteiger partial charge in [-0.1, -0.05) is 36.8 Å². The zero-order valence-electron chi connectivity index (χ0n) is 15.4. The van der Waals surface area contributed by atoms with Gasteiger partial charge in [0.25, 0.3) is 0 Å². The van der Waals surface area contributed by atoms with E-state index in [1.165, 1.54) is 12.0 Å². The van der Waals surface area contributed by atoms with Crippen LogP contribution in [-0.2, 0) is 17.6 Å². The van der Waals surface area contributed by atoms with Gasteiger partial charge in [-0.2, -0.15) is 0 Å². The van der Waals surface area contributed by atoms with E-state index in [1.54, 1.807) is 7.11 Å². The van der Waals surface area contributed by atoms with Crippen LogP contribution in [0.5, 0.6) is 5.88 Å². The van der Waals surface area contributed by atoms with Crippen molar-refractivity contribution in [1.82, 2.24) is 25.6 Å². The summed E-state index contributed by atoms with van der Waals surface area (Å²) < 4.78 is 11.2. The van der Waals surface area contributed by atoms with Gasteiger partial charge < -0.3 is 9.47 Å². The normalized spacial score (nSPS) is 13.8. The summed E-state index contributed by atoms with van der Waals surface area (Å²) in [6.45, 7) is 0.915. The fraction of sp³-hybridized carbons (Fsp3) is 0.400. The maximum absolute atomic E-state index is 6.02. The van der Waals surface area contributed by atoms with Crippen LogP contribution in [0.4, 0.5) is 0 Å². The number of nitrogens with one attached hydrogen (secondary N) is 1. The Hall–Kier alpha value is -2.80. The molecule has 0 saturated heterocycles. The van der Waals surface area contributed by atoms with Gasteiger partial charge in [-0.15, -0.1) is 5.10 Å². The van der Waals surface area contributed by atoms with Crippen molar-refractivity contribution in [1.29, 1.82) is 0 Å². The number of hydrogen-bond acceptors (Lipinski definition) is 6. The number of benzene rings is 1. The van der Waals surface area contributed by atoms with Crippen molar-refractivity contribution in [2.24, 2.45) is 0 Å². The van der Waals surface area contributed by atoms with Crippen LogP contribution in [0, 0.1) is 0 Å². The van der Waals surface area contributed by atoms with E-state index < -0.39 is 0 Å². The minimum Gasteiger partial charge on any atom is -0.475 e. The number of rotatable bonds is 6. The van der Waals surface area contributed by atoms with Gasteiger partial charge in [-0.3, -0.25) is 0 Å². The van der Waals surface area contributed by atoms with E-state index in [9.17, 15) is 0 Å². The van der Waals surface area contributed by atoms with Gasteiger partial charge in [0.2, 0.25) is 5.88 Å². The van der Waals surface area contributed by atoms with Gasteiger partial charge in [0.15, 0.2) is 5.82 Å². The Labute approximate surface area is 158 Å². The molecule has 1 aromatic carbocycles. The molecule has 1 N–H and O–H groups in total. The van der Waals surface area contributed by atoms with E-state index in [0.717, 1.165) is 48.1 Å². The lowest BCUT2D eigenvalue weighted by atomic mass is 9.91. The van der Waals surface area contributed by atoms with Crippen LogP contribution in [0.2, 0.25) is 0 Å². The Morgan fingerprint density at radius 1 is 1.00 bits per heavy atom. The van der Waals surface area contributed by atoms with Crippen LogP contribution < -0.4 is 4.74 Å². The lowest BCUT2D eigenvalue weighted by molar-refractivity contribution is 0.144. The molecule has 7 nitrogen and oxygen atoms in total. The Balaban J connectivity index is 1.95. The maximum atomic E-state index is 6.02. The summed E-state index contributed by atoms with van der Waals surface area (Å²) in [6, 6.07) is 10.4. The van der Waals surface area contributed by atoms with Crippen LogP contribution >= 0.6 is 0 Å². The Morgan fingerprint density at radius 2 is 1.85 bits per heavy atom. The Morgan fingerprint density at radius 3 is 2.63 bits per heavy atom. The third-order valence-corrected chi connectivity index (χ3v) is 4.86. The quantitative estimate of drug-likeness (QED) is 0.533. The number of methoxy groups -OCH3 is 1. The highest BCUT2D eigenvalue weighted by molar-refractivity contribution is 5.86. The number of H-pyrrole nitrogens is 1. The smallest absolute Gasteiger partial charge is 0.225 e. The highest BCUT2D eigenvalue weighted by Gasteiger charge is 2.25. The third-order valence-electron chi connectivity index (χ3n) is 4.86. The van der Waals surface area contributed by atoms with Crippen LogP contribution in [0.3, 0.4) is 0 Å². The van der Waals surface area contributed by atoms with Gasteiger partial charge in [0.1, 0.15) is 6.61 Å². The summed E-state index contributed by atoms with van der Waals surface area (Å²) in [7, 11) is 1.66. The molecule has 2 heterocycles. The lowest BCUT2D eigenvalue weighted by Gasteiger charge is -2.19. The van der Waals surface area contributed by atoms with Crippen molar-refractivity contribution in [2.75, 3.05) is 20.3 Å². The van der Waals surface area contributed by atoms with Crippen molar-refractivity contribution in [3.05, 3.63) is 41.6 Å². The minimum absolute atomic E-state index is 0.422. The highest BCUT2D eigenvalue weighted by Crippen LogP contribution is 2.41. The average molecular weight is 365 g/mol. The molecule has 0 fully saturated rings. The summed E-state index contributed by atoms with van der Waals surface area (Å²) in [5.41, 5.74) is 5.47. The van der Waals surface area contributed by atoms with Crippen LogP contribution in [-0.4, -0.2) is 45.9 Å². The predicted octanol–water partition coefficient (Wildman–Crippen LogP) is 3.22. The second-order valence-electron chi connectivity index (χ2n) is 6.61. The summed E-state index contributed by atoms with van der Waals surface area (Å²) in [4.78, 5) is 4.89. The zero-order valence-corrected chi connectivity index (χ0v) is 15.4. The molecule has 0 bridgehead atoms. The summed E-state index contributed by atoms with van der Waals surface area (Å²) in [6.07, 6.45) is 5.48. The van der Waals surface area contributed by atoms with Crippen molar-refractivity contribution in [3.8, 4) is 28.4 Å². The first-order chi connectivity index (χ1) is 13.4. The fourth-order valence-electron chi connectivity index (χ4n) is 3.63. The van der Waals surface area contributed by atoms with E-state index in [4.69, 9.17) is 14.5 Å². The first-order valence-corrected chi connectivity index (χ1v) is 9.35. The number of aryl methyl sites for hydroxylation is 1. The monoisotopic (exact) mass is 365 g/mol. The van der Waals surface area contributed by atoms with Gasteiger partial charge in [-0.05, 0) is 47.2 Å². The van der Waals surface area contributed by atoms with E-state index in [0.29, 0.717) is 24.9 Å². The number of aromatic nitrogens is 5. The molecule has 3 aromatic rings. The summed E-state index contributed by atoms with van der Waals surface area (Å²) in [5.74, 6) is 1.13. The number of aromatic amines is 1. The molecule has 0 unspecified atom stereocenters. The molecule has 0 saturated carbocycles. The second-order valence-corrected chi connectivity index (χ2v) is 6.61. The highest BCUT2D eigenvalue weighted by atomic mass is 16.5. The number of tetrazole rings is 1. The van der Waals surface area contributed by atoms with E-state index >= 15 is 0 Å². The largest absolute Gasteiger partial charge is 0.475 e. The molecular weight excluding hydrogens is 342 g/mol. The number of pyridine rings is 1. The summed E-state index contributed by atoms with van der Waals surface area (Å²) >= 11 is 0. The summed E-state index contributed by atoms with van der Waals surface area (Å²) in [5, 5.41) is 14.6. The molecule has 0 spiro atoms. The SMILES string of the molecule is COCCOc1nc2c(c(-c3ccccc3)c1-c1nnn[nH]1)CCCCC2. The van der Waals surface area contributed by atoms with Crippen LogP contribution in [0.25, 0.3) is 22.5 Å². The van der Waals surface area contributed by atoms with E-state index in [2.05, 4.69) is 32.8 Å². The molecule has 0 atom stereocenters. The topological polar surface area (TPSA) is 85.8 Å². The Kier molecular flexibility index (Phi) is 5.39. The number of hydrogen-bond donors (Lipinski definition) is 1. The standard InChI is InChI=1S/C20H23N5O2/c1-26-12-13-27-20-18(19-22-24-25-23-19)17(14-8-4-2-5-9-14)15-10-6-3-7-11-16(15)21-20/h2,4-5,8-9H,3,6-7,10-13H2,1H3,(H,22,23,24,25). The molecule has 0 amide bonds. The van der Waals surface area contributed by atoms with Gasteiger partial charge in [-0.25, -0.2) is 10.1 Å². The molecule has 7 heteroatoms. The van der Waals surface area contributed by atoms with E-state index in [-0.39, 0.29) is 0 Å². The Bertz CT molecular complexity index is 881. The van der Waals surface area contributed by atoms with Crippen LogP contribution in [0.15, 0.2) is 30.3 Å². The predicted molar refractivity (Wildman–Crippen MR) is 101 cm³/mol. The van der Waals surface area contributed by atoms with Gasteiger partial charge in [0, 0.05) is 18.4 Å². The maximum Gasteiger partial charge on any atom is 0.225 e. The van der Waals surface area contributed by atoms with Crippen molar-refractivity contribution < 1.29 is 9.47 Å². The van der Waals surface area contributed by atoms with E-state index in [1.807, 2.05) is 18.2 Å². The lowest BCUT2D eigenvalue weighted by Crippen LogP contribution is -2.10. The molecule has 27 heavy (non-hydrogen) atoms. The molecule has 140 valence electrons. The van der Waals surface area contributed by atoms with Gasteiger partial charge >= 0.3 is 0 Å². The molecule has 1 aliphatic carbocycles. The molecule has 0 aliphatic heterocycles. The zero-order chi connectivity index (χ0) is 18.5. The van der Waals surface area contributed by atoms with Crippen molar-refractivity contribution in [3.63, 3.8) is 0 Å².